The van der Waals surface area contributed by atoms with E-state index in [0.717, 1.165) is 20.7 Å². The zero-order valence-electron chi connectivity index (χ0n) is 32.1. The van der Waals surface area contributed by atoms with E-state index in [2.05, 4.69) is 36.9 Å². The Morgan fingerprint density at radius 3 is 2.04 bits per heavy atom. The van der Waals surface area contributed by atoms with Crippen LogP contribution in [0.15, 0.2) is 39.4 Å². The summed E-state index contributed by atoms with van der Waals surface area (Å²) in [5.74, 6) is -5.48. The second-order valence-electron chi connectivity index (χ2n) is 14.2. The normalized spacial score (nSPS) is 25.7. The van der Waals surface area contributed by atoms with Gasteiger partial charge in [0.2, 0.25) is 41.4 Å². The minimum Gasteiger partial charge on any atom is -0.369 e. The number of aromatic nitrogens is 1. The van der Waals surface area contributed by atoms with Gasteiger partial charge >= 0.3 is 0 Å². The van der Waals surface area contributed by atoms with Crippen LogP contribution in [0.5, 0.6) is 0 Å². The highest BCUT2D eigenvalue weighted by Crippen LogP contribution is 2.35. The molecule has 0 saturated heterocycles. The maximum atomic E-state index is 14.0. The highest BCUT2D eigenvalue weighted by atomic mass is 32.2. The van der Waals surface area contributed by atoms with Crippen LogP contribution in [0.3, 0.4) is 0 Å². The monoisotopic (exact) mass is 813 g/mol. The Kier molecular flexibility index (Phi) is 15.8. The lowest BCUT2D eigenvalue weighted by Gasteiger charge is -2.24. The fraction of sp³-hybridized carbons (Fsp3) is 0.541. The van der Waals surface area contributed by atoms with Crippen molar-refractivity contribution in [2.75, 3.05) is 5.75 Å². The summed E-state index contributed by atoms with van der Waals surface area (Å²) >= 11 is 2.89. The molecule has 304 valence electrons. The summed E-state index contributed by atoms with van der Waals surface area (Å²) in [7, 11) is 0. The molecule has 7 atom stereocenters. The topological polar surface area (TPSA) is 252 Å². The van der Waals surface area contributed by atoms with Crippen molar-refractivity contribution >= 4 is 86.5 Å². The average Bonchev–Trinajstić information content (AvgIpc) is 3.89. The van der Waals surface area contributed by atoms with Crippen molar-refractivity contribution in [2.45, 2.75) is 121 Å². The summed E-state index contributed by atoms with van der Waals surface area (Å²) in [5.41, 5.74) is 6.59. The lowest BCUT2D eigenvalue weighted by atomic mass is 9.91. The van der Waals surface area contributed by atoms with Crippen LogP contribution < -0.4 is 37.6 Å². The summed E-state index contributed by atoms with van der Waals surface area (Å²) in [6.45, 7) is 7.52. The number of carbonyl (C=O) groups excluding carboxylic acids is 8. The highest BCUT2D eigenvalue weighted by Gasteiger charge is 2.31. The van der Waals surface area contributed by atoms with E-state index in [1.807, 2.05) is 22.2 Å². The molecule has 2 aromatic rings. The zero-order valence-corrected chi connectivity index (χ0v) is 33.8. The molecule has 19 heteroatoms. The van der Waals surface area contributed by atoms with Crippen LogP contribution in [0.1, 0.15) is 73.1 Å². The Bertz CT molecular complexity index is 1890. The van der Waals surface area contributed by atoms with Gasteiger partial charge < -0.3 is 42.2 Å². The van der Waals surface area contributed by atoms with E-state index in [1.165, 1.54) is 57.7 Å². The van der Waals surface area contributed by atoms with Gasteiger partial charge in [-0.1, -0.05) is 0 Å². The minimum atomic E-state index is -1.13. The molecule has 7 amide bonds. The zero-order chi connectivity index (χ0) is 41.1. The number of aryl methyl sites for hydroxylation is 1. The third-order valence-electron chi connectivity index (χ3n) is 9.46. The van der Waals surface area contributed by atoms with Gasteiger partial charge in [0.1, 0.15) is 30.2 Å². The number of fused-ring (bicyclic) bond motifs is 3. The Hall–Kier alpha value is -5.04. The summed E-state index contributed by atoms with van der Waals surface area (Å²) in [6.07, 6.45) is 7.31. The predicted octanol–water partition coefficient (Wildman–Crippen LogP) is 0.796. The van der Waals surface area contributed by atoms with Gasteiger partial charge in [0, 0.05) is 62.0 Å². The molecule has 0 bridgehead atoms. The molecule has 0 spiro atoms. The number of carbonyl (C=O) groups is 8. The predicted molar refractivity (Wildman–Crippen MR) is 212 cm³/mol. The first-order valence-electron chi connectivity index (χ1n) is 18.5. The number of allylic oxidation sites excluding steroid dienone is 1. The lowest BCUT2D eigenvalue weighted by Crippen LogP contribution is -2.57. The second-order valence-corrected chi connectivity index (χ2v) is 16.1. The molecule has 0 aromatic carbocycles. The number of hydrogen-bond donors (Lipinski definition) is 7. The maximum Gasteiger partial charge on any atom is 0.243 e. The van der Waals surface area contributed by atoms with Gasteiger partial charge in [-0.05, 0) is 70.4 Å². The molecule has 8 N–H and O–H groups in total. The first-order valence-corrected chi connectivity index (χ1v) is 20.4. The smallest absolute Gasteiger partial charge is 0.243 e. The fourth-order valence-electron chi connectivity index (χ4n) is 6.17. The molecule has 0 fully saturated rings. The molecule has 2 aliphatic heterocycles. The number of nitrogens with one attached hydrogen (secondary N) is 6. The Morgan fingerprint density at radius 1 is 0.893 bits per heavy atom. The van der Waals surface area contributed by atoms with Crippen LogP contribution in [0.4, 0.5) is 0 Å². The van der Waals surface area contributed by atoms with Crippen LogP contribution in [-0.2, 0) is 44.9 Å². The molecule has 17 nitrogen and oxygen atoms in total. The lowest BCUT2D eigenvalue weighted by molar-refractivity contribution is -0.134. The van der Waals surface area contributed by atoms with Gasteiger partial charge in [-0.2, -0.15) is 0 Å². The summed E-state index contributed by atoms with van der Waals surface area (Å²) in [6, 6.07) is -4.43. The molecular formula is C37H51N9O8S2. The van der Waals surface area contributed by atoms with E-state index < -0.39 is 89.3 Å². The quantitative estimate of drug-likeness (QED) is 0.209. The number of ketones is 1. The molecule has 4 rings (SSSR count). The first-order chi connectivity index (χ1) is 26.5. The SMILES string of the molecule is CC(=O)N[C@H]1CCCCn2cc3ccsc3c2SC[C@@H](C(=O)C[C@@H](CC2=CN=CC2)C(N)=O)NC(=O)[C@H](C)NC(=O)[C@H](C)NC(=O)[C@H](C)NC(=O)[C@H](C)NC1=O. The van der Waals surface area contributed by atoms with Crippen LogP contribution in [-0.4, -0.2) is 99.9 Å². The number of rotatable bonds is 7. The molecule has 0 radical (unpaired) electrons. The number of Topliss-reactive ketones (excluding diaryl/α,β-unsaturated/α-hetero) is 1. The van der Waals surface area contributed by atoms with Crippen molar-refractivity contribution in [1.29, 1.82) is 0 Å². The largest absolute Gasteiger partial charge is 0.369 e. The molecule has 56 heavy (non-hydrogen) atoms. The van der Waals surface area contributed by atoms with Crippen molar-refractivity contribution in [1.82, 2.24) is 36.5 Å². The van der Waals surface area contributed by atoms with Gasteiger partial charge in [0.05, 0.1) is 15.8 Å². The average molecular weight is 814 g/mol. The molecule has 2 aromatic heterocycles. The third kappa shape index (κ3) is 12.2. The van der Waals surface area contributed by atoms with Crippen molar-refractivity contribution in [2.24, 2.45) is 16.6 Å². The first kappa shape index (κ1) is 43.7. The van der Waals surface area contributed by atoms with Crippen LogP contribution in [0.2, 0.25) is 0 Å². The van der Waals surface area contributed by atoms with E-state index in [4.69, 9.17) is 5.73 Å². The van der Waals surface area contributed by atoms with Crippen molar-refractivity contribution in [3.8, 4) is 0 Å². The molecule has 0 aliphatic carbocycles. The van der Waals surface area contributed by atoms with Gasteiger partial charge in [-0.3, -0.25) is 43.3 Å². The maximum absolute atomic E-state index is 14.0. The number of hydrogen-bond acceptors (Lipinski definition) is 11. The molecule has 4 heterocycles. The summed E-state index contributed by atoms with van der Waals surface area (Å²) in [4.78, 5) is 108. The summed E-state index contributed by atoms with van der Waals surface area (Å²) in [5, 5.41) is 19.4. The third-order valence-corrected chi connectivity index (χ3v) is 11.7. The van der Waals surface area contributed by atoms with Crippen molar-refractivity contribution < 1.29 is 38.4 Å². The number of aliphatic imine (C=N–C) groups is 1. The van der Waals surface area contributed by atoms with Gasteiger partial charge in [-0.15, -0.1) is 23.1 Å². The van der Waals surface area contributed by atoms with E-state index in [0.29, 0.717) is 25.8 Å². The number of thioether (sulfide) groups is 1. The van der Waals surface area contributed by atoms with E-state index in [1.54, 1.807) is 12.4 Å². The van der Waals surface area contributed by atoms with Crippen molar-refractivity contribution in [3.05, 3.63) is 29.4 Å². The highest BCUT2D eigenvalue weighted by molar-refractivity contribution is 7.99. The van der Waals surface area contributed by atoms with Gasteiger partial charge in [-0.25, -0.2) is 0 Å². The van der Waals surface area contributed by atoms with Crippen LogP contribution in [0, 0.1) is 5.92 Å². The number of amides is 7. The van der Waals surface area contributed by atoms with E-state index >= 15 is 0 Å². The molecule has 0 saturated carbocycles. The molecule has 2 aliphatic rings. The van der Waals surface area contributed by atoms with Crippen LogP contribution >= 0.6 is 23.1 Å². The fourth-order valence-corrected chi connectivity index (χ4v) is 8.47. The van der Waals surface area contributed by atoms with Crippen LogP contribution in [0.25, 0.3) is 10.1 Å². The van der Waals surface area contributed by atoms with E-state index in [-0.39, 0.29) is 25.0 Å². The molecule has 0 unspecified atom stereocenters. The van der Waals surface area contributed by atoms with E-state index in [9.17, 15) is 38.4 Å². The standard InChI is InChI=1S/C37H51N9O8S2/c1-19-32(50)40-20(2)33(51)42-22(4)35(53)45-28(29(48)15-26(31(38)49)14-24-9-11-39-16-24)18-56-37-30-25(10-13-55-30)17-46(37)12-7-6-8-27(44-23(5)47)36(54)43-21(3)34(52)41-19/h10-11,13,16-17,19-22,26-28H,6-9,12,14-15,18H2,1-5H3,(H2,38,49)(H,40,50)(H,41,52)(H,42,51)(H,43,54)(H,44,47)(H,45,53)/t19-,20-,21-,22-,26+,27-,28-/m0/s1. The summed E-state index contributed by atoms with van der Waals surface area (Å²) < 4.78 is 3.03. The van der Waals surface area contributed by atoms with Gasteiger partial charge in [0.15, 0.2) is 5.78 Å². The molecular weight excluding hydrogens is 763 g/mol. The minimum absolute atomic E-state index is 0.0958. The number of primary amides is 1. The van der Waals surface area contributed by atoms with Crippen molar-refractivity contribution in [3.63, 3.8) is 0 Å². The Balaban J connectivity index is 1.61. The Labute approximate surface area is 333 Å². The number of nitrogens with zero attached hydrogens (tertiary/aromatic N) is 2. The number of thiophene rings is 1. The number of nitrogens with two attached hydrogens (primary N) is 1. The van der Waals surface area contributed by atoms with Gasteiger partial charge in [0.25, 0.3) is 0 Å². The second kappa shape index (κ2) is 20.2. The Morgan fingerprint density at radius 2 is 1.48 bits per heavy atom.